The van der Waals surface area contributed by atoms with Gasteiger partial charge in [-0.15, -0.1) is 0 Å². The molecule has 3 atom stereocenters. The van der Waals surface area contributed by atoms with Gasteiger partial charge in [0.1, 0.15) is 17.1 Å². The first-order chi connectivity index (χ1) is 11.0. The maximum absolute atomic E-state index is 11.5. The molecule has 2 aliphatic rings. The Bertz CT molecular complexity index is 677. The highest BCUT2D eigenvalue weighted by Gasteiger charge is 2.48. The third-order valence-electron chi connectivity index (χ3n) is 5.84. The highest BCUT2D eigenvalue weighted by atomic mass is 16.5. The van der Waals surface area contributed by atoms with E-state index in [4.69, 9.17) is 4.74 Å². The number of hydrogen-bond acceptors (Lipinski definition) is 4. The van der Waals surface area contributed by atoms with Gasteiger partial charge in [-0.2, -0.15) is 0 Å². The molecular formula is C19H26O5. The predicted octanol–water partition coefficient (Wildman–Crippen LogP) is 3.17. The van der Waals surface area contributed by atoms with E-state index in [0.29, 0.717) is 23.3 Å². The van der Waals surface area contributed by atoms with Gasteiger partial charge in [-0.1, -0.05) is 0 Å². The van der Waals surface area contributed by atoms with Gasteiger partial charge in [0.05, 0.1) is 11.5 Å². The quantitative estimate of drug-likeness (QED) is 0.773. The van der Waals surface area contributed by atoms with Gasteiger partial charge in [0, 0.05) is 17.4 Å². The zero-order chi connectivity index (χ0) is 17.9. The Morgan fingerprint density at radius 3 is 2.58 bits per heavy atom. The molecule has 5 nitrogen and oxygen atoms in total. The lowest BCUT2D eigenvalue weighted by atomic mass is 9.65. The van der Waals surface area contributed by atoms with Crippen LogP contribution in [0.5, 0.6) is 11.5 Å². The van der Waals surface area contributed by atoms with Crippen molar-refractivity contribution in [1.29, 1.82) is 0 Å². The van der Waals surface area contributed by atoms with Crippen molar-refractivity contribution in [3.05, 3.63) is 23.3 Å². The molecule has 1 saturated carbocycles. The fraction of sp³-hybridized carbons (Fsp3) is 0.632. The first-order valence-electron chi connectivity index (χ1n) is 8.52. The van der Waals surface area contributed by atoms with Crippen LogP contribution in [-0.2, 0) is 10.2 Å². The molecule has 0 aromatic heterocycles. The Balaban J connectivity index is 2.13. The standard InChI is InChI=1S/C19H26O5/c1-18(2,17(22)23)10-7-14(21)16-12-9-11(20)5-6-13(12)19(3,4)24-15(16)8-10/h7-8,11-13,20-21H,5-6,9H2,1-4H3,(H,22,23)/t11-,12-,13-/m1/s1. The Labute approximate surface area is 142 Å². The zero-order valence-electron chi connectivity index (χ0n) is 14.7. The molecule has 1 aliphatic heterocycles. The van der Waals surface area contributed by atoms with Crippen LogP contribution in [0.2, 0.25) is 0 Å². The van der Waals surface area contributed by atoms with Crippen molar-refractivity contribution in [2.75, 3.05) is 0 Å². The van der Waals surface area contributed by atoms with Gasteiger partial charge >= 0.3 is 5.97 Å². The van der Waals surface area contributed by atoms with E-state index in [1.54, 1.807) is 19.9 Å². The number of phenolic OH excluding ortho intramolecular Hbond substituents is 1. The number of carbonyl (C=O) groups is 1. The summed E-state index contributed by atoms with van der Waals surface area (Å²) < 4.78 is 6.19. The molecule has 1 aliphatic carbocycles. The Kier molecular flexibility index (Phi) is 3.83. The number of aliphatic hydroxyl groups excluding tert-OH is 1. The molecule has 0 bridgehead atoms. The van der Waals surface area contributed by atoms with Crippen molar-refractivity contribution in [2.45, 2.75) is 70.0 Å². The highest BCUT2D eigenvalue weighted by molar-refractivity contribution is 5.81. The molecule has 0 saturated heterocycles. The van der Waals surface area contributed by atoms with Crippen LogP contribution in [0.15, 0.2) is 12.1 Å². The Morgan fingerprint density at radius 2 is 1.96 bits per heavy atom. The number of phenols is 1. The number of hydrogen-bond donors (Lipinski definition) is 3. The maximum atomic E-state index is 11.5. The maximum Gasteiger partial charge on any atom is 0.313 e. The molecule has 1 fully saturated rings. The van der Waals surface area contributed by atoms with E-state index in [0.717, 1.165) is 12.8 Å². The molecule has 0 amide bonds. The van der Waals surface area contributed by atoms with E-state index in [-0.39, 0.29) is 23.7 Å². The Morgan fingerprint density at radius 1 is 1.29 bits per heavy atom. The second kappa shape index (κ2) is 5.38. The normalized spacial score (nSPS) is 28.5. The smallest absolute Gasteiger partial charge is 0.313 e. The molecular weight excluding hydrogens is 308 g/mol. The van der Waals surface area contributed by atoms with Gasteiger partial charge in [0.15, 0.2) is 0 Å². The number of rotatable bonds is 2. The van der Waals surface area contributed by atoms with Crippen LogP contribution >= 0.6 is 0 Å². The van der Waals surface area contributed by atoms with Crippen molar-refractivity contribution in [3.63, 3.8) is 0 Å². The molecule has 0 radical (unpaired) electrons. The number of carboxylic acids is 1. The van der Waals surface area contributed by atoms with Crippen molar-refractivity contribution in [2.24, 2.45) is 5.92 Å². The lowest BCUT2D eigenvalue weighted by Gasteiger charge is -2.48. The lowest BCUT2D eigenvalue weighted by molar-refractivity contribution is -0.142. The summed E-state index contributed by atoms with van der Waals surface area (Å²) in [4.78, 5) is 11.5. The van der Waals surface area contributed by atoms with E-state index in [9.17, 15) is 20.1 Å². The number of benzene rings is 1. The van der Waals surface area contributed by atoms with Gasteiger partial charge in [0.25, 0.3) is 0 Å². The van der Waals surface area contributed by atoms with Crippen LogP contribution in [0, 0.1) is 5.92 Å². The van der Waals surface area contributed by atoms with Gasteiger partial charge in [-0.25, -0.2) is 0 Å². The minimum Gasteiger partial charge on any atom is -0.508 e. The van der Waals surface area contributed by atoms with Gasteiger partial charge in [-0.3, -0.25) is 4.79 Å². The monoisotopic (exact) mass is 334 g/mol. The summed E-state index contributed by atoms with van der Waals surface area (Å²) in [7, 11) is 0. The van der Waals surface area contributed by atoms with Gasteiger partial charge < -0.3 is 20.1 Å². The third kappa shape index (κ3) is 2.55. The fourth-order valence-electron chi connectivity index (χ4n) is 4.21. The minimum absolute atomic E-state index is 0.0227. The topological polar surface area (TPSA) is 87.0 Å². The fourth-order valence-corrected chi connectivity index (χ4v) is 4.21. The minimum atomic E-state index is -1.12. The van der Waals surface area contributed by atoms with Crippen LogP contribution in [0.1, 0.15) is 64.0 Å². The number of aliphatic carboxylic acids is 1. The van der Waals surface area contributed by atoms with Crippen molar-refractivity contribution in [1.82, 2.24) is 0 Å². The molecule has 3 N–H and O–H groups in total. The van der Waals surface area contributed by atoms with Crippen LogP contribution < -0.4 is 4.74 Å². The van der Waals surface area contributed by atoms with Crippen LogP contribution in [0.4, 0.5) is 0 Å². The Hall–Kier alpha value is -1.75. The summed E-state index contributed by atoms with van der Waals surface area (Å²) in [5.41, 5.74) is -0.320. The predicted molar refractivity (Wildman–Crippen MR) is 89.6 cm³/mol. The molecule has 1 aromatic carbocycles. The SMILES string of the molecule is CC(C)(C(=O)O)c1cc(O)c2c(c1)OC(C)(C)[C@@H]1CC[C@@H](O)C[C@@H]21. The summed E-state index contributed by atoms with van der Waals surface area (Å²) in [6.45, 7) is 7.27. The van der Waals surface area contributed by atoms with Crippen LogP contribution in [-0.4, -0.2) is 33.0 Å². The zero-order valence-corrected chi connectivity index (χ0v) is 14.7. The summed E-state index contributed by atoms with van der Waals surface area (Å²) in [5, 5.41) is 30.2. The largest absolute Gasteiger partial charge is 0.508 e. The highest BCUT2D eigenvalue weighted by Crippen LogP contribution is 2.54. The van der Waals surface area contributed by atoms with Crippen molar-refractivity contribution in [3.8, 4) is 11.5 Å². The summed E-state index contributed by atoms with van der Waals surface area (Å²) in [5.74, 6) is -0.105. The number of aliphatic hydroxyl groups is 1. The molecule has 5 heteroatoms. The van der Waals surface area contributed by atoms with E-state index in [1.807, 2.05) is 13.8 Å². The number of aromatic hydroxyl groups is 1. The summed E-state index contributed by atoms with van der Waals surface area (Å²) in [6.07, 6.45) is 1.82. The van der Waals surface area contributed by atoms with E-state index in [1.165, 1.54) is 6.07 Å². The van der Waals surface area contributed by atoms with Gasteiger partial charge in [0.2, 0.25) is 0 Å². The van der Waals surface area contributed by atoms with Crippen LogP contribution in [0.3, 0.4) is 0 Å². The van der Waals surface area contributed by atoms with E-state index < -0.39 is 17.0 Å². The van der Waals surface area contributed by atoms with Gasteiger partial charge in [-0.05, 0) is 64.7 Å². The molecule has 1 heterocycles. The average molecular weight is 334 g/mol. The number of carboxylic acid groups (broad SMARTS) is 1. The van der Waals surface area contributed by atoms with Crippen molar-refractivity contribution >= 4 is 5.97 Å². The molecule has 24 heavy (non-hydrogen) atoms. The second-order valence-electron chi connectivity index (χ2n) is 8.22. The average Bonchev–Trinajstić information content (AvgIpc) is 2.45. The molecule has 3 rings (SSSR count). The number of fused-ring (bicyclic) bond motifs is 3. The molecule has 1 aromatic rings. The lowest BCUT2D eigenvalue weighted by Crippen LogP contribution is -2.47. The first kappa shape index (κ1) is 17.1. The number of ether oxygens (including phenoxy) is 1. The molecule has 0 unspecified atom stereocenters. The first-order valence-corrected chi connectivity index (χ1v) is 8.52. The van der Waals surface area contributed by atoms with Crippen molar-refractivity contribution < 1.29 is 24.9 Å². The van der Waals surface area contributed by atoms with Crippen LogP contribution in [0.25, 0.3) is 0 Å². The summed E-state index contributed by atoms with van der Waals surface area (Å²) >= 11 is 0. The second-order valence-corrected chi connectivity index (χ2v) is 8.22. The van der Waals surface area contributed by atoms with E-state index in [2.05, 4.69) is 0 Å². The summed E-state index contributed by atoms with van der Waals surface area (Å²) in [6, 6.07) is 3.27. The van der Waals surface area contributed by atoms with E-state index >= 15 is 0 Å². The third-order valence-corrected chi connectivity index (χ3v) is 5.84. The molecule has 0 spiro atoms. The molecule has 132 valence electrons.